The first-order chi connectivity index (χ1) is 19.5. The maximum atomic E-state index is 14.2. The molecule has 1 saturated carbocycles. The molecule has 6 rings (SSSR count). The van der Waals surface area contributed by atoms with E-state index in [-0.39, 0.29) is 17.6 Å². The Morgan fingerprint density at radius 1 is 1.02 bits per heavy atom. The number of hydrogen-bond donors (Lipinski definition) is 0. The molecule has 0 spiro atoms. The Morgan fingerprint density at radius 2 is 1.73 bits per heavy atom. The van der Waals surface area contributed by atoms with Crippen molar-refractivity contribution in [3.8, 4) is 22.8 Å². The molecule has 1 amide bonds. The summed E-state index contributed by atoms with van der Waals surface area (Å²) in [5.74, 6) is 1.02. The van der Waals surface area contributed by atoms with Gasteiger partial charge in [-0.3, -0.25) is 9.59 Å². The summed E-state index contributed by atoms with van der Waals surface area (Å²) in [6.07, 6.45) is 9.53. The van der Waals surface area contributed by atoms with Crippen LogP contribution >= 0.6 is 0 Å². The van der Waals surface area contributed by atoms with Crippen LogP contribution in [-0.4, -0.2) is 65.1 Å². The summed E-state index contributed by atoms with van der Waals surface area (Å²) in [5.41, 5.74) is 7.32. The first-order valence-electron chi connectivity index (χ1n) is 15.0. The van der Waals surface area contributed by atoms with Gasteiger partial charge in [0.25, 0.3) is 11.7 Å². The van der Waals surface area contributed by atoms with E-state index in [4.69, 9.17) is 9.47 Å². The Kier molecular flexibility index (Phi) is 6.92. The molecule has 7 nitrogen and oxygen atoms in total. The van der Waals surface area contributed by atoms with E-state index in [2.05, 4.69) is 42.6 Å². The molecule has 41 heavy (non-hydrogen) atoms. The molecular weight excluding hydrogens is 514 g/mol. The van der Waals surface area contributed by atoms with Crippen LogP contribution in [0.4, 0.5) is 0 Å². The zero-order chi connectivity index (χ0) is 29.2. The minimum Gasteiger partial charge on any atom is -0.448 e. The molecule has 7 heteroatoms. The number of nitrogens with zero attached hydrogens (tertiary/aromatic N) is 3. The molecule has 4 aliphatic rings. The molecule has 0 radical (unpaired) electrons. The fourth-order valence-corrected chi connectivity index (χ4v) is 7.50. The number of ketones is 1. The Morgan fingerprint density at radius 3 is 2.37 bits per heavy atom. The topological polar surface area (TPSA) is 64.0 Å². The molecule has 0 N–H and O–H groups in total. The SMILES string of the molecule is CC1=CC(C)=C(CN2CCc3c(c(C)c4c(c3-c3cccn3C)O[C@@](C)(C3CCC(N(C)C)CC3)O4)C2=O)C(=O)C1. The zero-order valence-electron chi connectivity index (χ0n) is 25.6. The van der Waals surface area contributed by atoms with Crippen molar-refractivity contribution in [3.63, 3.8) is 0 Å². The van der Waals surface area contributed by atoms with Crippen LogP contribution in [0.15, 0.2) is 41.1 Å². The smallest absolute Gasteiger partial charge is 0.254 e. The van der Waals surface area contributed by atoms with Crippen molar-refractivity contribution in [2.75, 3.05) is 27.2 Å². The predicted molar refractivity (Wildman–Crippen MR) is 160 cm³/mol. The van der Waals surface area contributed by atoms with Gasteiger partial charge < -0.3 is 23.8 Å². The third-order valence-corrected chi connectivity index (χ3v) is 9.93. The second-order valence-corrected chi connectivity index (χ2v) is 12.9. The van der Waals surface area contributed by atoms with Gasteiger partial charge in [0.1, 0.15) is 0 Å². The van der Waals surface area contributed by atoms with E-state index in [1.165, 1.54) is 0 Å². The predicted octanol–water partition coefficient (Wildman–Crippen LogP) is 5.84. The fourth-order valence-electron chi connectivity index (χ4n) is 7.50. The minimum absolute atomic E-state index is 0.0370. The van der Waals surface area contributed by atoms with E-state index in [9.17, 15) is 9.59 Å². The maximum Gasteiger partial charge on any atom is 0.254 e. The van der Waals surface area contributed by atoms with E-state index < -0.39 is 5.79 Å². The standard InChI is InChI=1S/C34H43N3O4/c1-20-17-21(2)26(28(38)18-20)19-37-16-14-25-29(33(37)39)22(3)31-32(30(25)27-9-8-15-36(27)7)41-34(4,40-31)23-10-12-24(13-11-23)35(5)6/h8-9,15,17,23-24H,10-14,16,18-19H2,1-7H3/t23?,24?,34-/m0/s1. The summed E-state index contributed by atoms with van der Waals surface area (Å²) < 4.78 is 15.8. The van der Waals surface area contributed by atoms with Gasteiger partial charge in [-0.2, -0.15) is 0 Å². The summed E-state index contributed by atoms with van der Waals surface area (Å²) in [6.45, 7) is 8.93. The number of hydrogen-bond acceptors (Lipinski definition) is 5. The number of rotatable bonds is 5. The molecule has 0 bridgehead atoms. The van der Waals surface area contributed by atoms with Crippen LogP contribution in [0.3, 0.4) is 0 Å². The first-order valence-corrected chi connectivity index (χ1v) is 15.0. The van der Waals surface area contributed by atoms with Crippen LogP contribution in [0.5, 0.6) is 11.5 Å². The van der Waals surface area contributed by atoms with E-state index >= 15 is 0 Å². The Bertz CT molecular complexity index is 1490. The maximum absolute atomic E-state index is 14.2. The highest BCUT2D eigenvalue weighted by atomic mass is 16.7. The van der Waals surface area contributed by atoms with E-state index in [1.807, 2.05) is 45.0 Å². The van der Waals surface area contributed by atoms with Gasteiger partial charge in [-0.15, -0.1) is 0 Å². The van der Waals surface area contributed by atoms with Gasteiger partial charge >= 0.3 is 0 Å². The molecule has 1 aromatic heterocycles. The van der Waals surface area contributed by atoms with Gasteiger partial charge in [0.2, 0.25) is 0 Å². The lowest BCUT2D eigenvalue weighted by molar-refractivity contribution is -0.123. The van der Waals surface area contributed by atoms with Crippen molar-refractivity contribution >= 4 is 11.7 Å². The molecule has 3 heterocycles. The summed E-state index contributed by atoms with van der Waals surface area (Å²) in [7, 11) is 6.35. The monoisotopic (exact) mass is 557 g/mol. The summed E-state index contributed by atoms with van der Waals surface area (Å²) in [4.78, 5) is 31.3. The number of benzene rings is 1. The molecule has 0 unspecified atom stereocenters. The number of carbonyl (C=O) groups excluding carboxylic acids is 2. The number of carbonyl (C=O) groups is 2. The molecule has 1 fully saturated rings. The third-order valence-electron chi connectivity index (χ3n) is 9.93. The number of ether oxygens (including phenoxy) is 2. The Balaban J connectivity index is 1.40. The highest BCUT2D eigenvalue weighted by Gasteiger charge is 2.49. The number of Topliss-reactive ketones (excluding diaryl/α,β-unsaturated/α-hetero) is 1. The van der Waals surface area contributed by atoms with Gasteiger partial charge in [-0.05, 0) is 90.2 Å². The van der Waals surface area contributed by atoms with Crippen LogP contribution < -0.4 is 9.47 Å². The number of aryl methyl sites for hydroxylation is 1. The van der Waals surface area contributed by atoms with E-state index in [0.717, 1.165) is 70.5 Å². The van der Waals surface area contributed by atoms with Gasteiger partial charge in [0.05, 0.1) is 11.3 Å². The van der Waals surface area contributed by atoms with Crippen LogP contribution in [0.2, 0.25) is 0 Å². The highest BCUT2D eigenvalue weighted by molar-refractivity contribution is 6.04. The van der Waals surface area contributed by atoms with Crippen molar-refractivity contribution in [1.82, 2.24) is 14.4 Å². The molecule has 1 aromatic carbocycles. The number of fused-ring (bicyclic) bond motifs is 2. The third kappa shape index (κ3) is 4.62. The van der Waals surface area contributed by atoms with Crippen LogP contribution in [0.25, 0.3) is 11.3 Å². The number of allylic oxidation sites excluding steroid dienone is 3. The van der Waals surface area contributed by atoms with Gasteiger partial charge in [-0.25, -0.2) is 0 Å². The van der Waals surface area contributed by atoms with Crippen LogP contribution in [0.1, 0.15) is 74.4 Å². The van der Waals surface area contributed by atoms with Crippen LogP contribution in [-0.2, 0) is 18.3 Å². The molecule has 218 valence electrons. The molecule has 2 aliphatic carbocycles. The van der Waals surface area contributed by atoms with Crippen molar-refractivity contribution in [2.45, 2.75) is 78.0 Å². The molecular formula is C34H43N3O4. The van der Waals surface area contributed by atoms with Gasteiger partial charge in [0, 0.05) is 68.3 Å². The summed E-state index contributed by atoms with van der Waals surface area (Å²) in [6, 6.07) is 4.71. The number of aromatic nitrogens is 1. The molecule has 0 saturated heterocycles. The lowest BCUT2D eigenvalue weighted by Crippen LogP contribution is -2.46. The van der Waals surface area contributed by atoms with Crippen molar-refractivity contribution < 1.29 is 19.1 Å². The second-order valence-electron chi connectivity index (χ2n) is 12.9. The summed E-state index contributed by atoms with van der Waals surface area (Å²) >= 11 is 0. The van der Waals surface area contributed by atoms with Crippen molar-refractivity contribution in [2.24, 2.45) is 13.0 Å². The van der Waals surface area contributed by atoms with E-state index in [1.54, 1.807) is 0 Å². The molecule has 2 aromatic rings. The fraction of sp³-hybridized carbons (Fsp3) is 0.529. The lowest BCUT2D eigenvalue weighted by atomic mass is 9.81. The lowest BCUT2D eigenvalue weighted by Gasteiger charge is -2.39. The quantitative estimate of drug-likeness (QED) is 0.462. The second kappa shape index (κ2) is 10.2. The highest BCUT2D eigenvalue weighted by Crippen LogP contribution is 2.55. The summed E-state index contributed by atoms with van der Waals surface area (Å²) in [5, 5.41) is 0. The largest absolute Gasteiger partial charge is 0.448 e. The normalized spacial score (nSPS) is 26.1. The van der Waals surface area contributed by atoms with Crippen molar-refractivity contribution in [3.05, 3.63) is 57.8 Å². The van der Waals surface area contributed by atoms with Gasteiger partial charge in [-0.1, -0.05) is 11.6 Å². The van der Waals surface area contributed by atoms with Crippen molar-refractivity contribution in [1.29, 1.82) is 0 Å². The zero-order valence-corrected chi connectivity index (χ0v) is 25.6. The van der Waals surface area contributed by atoms with Crippen LogP contribution in [0, 0.1) is 12.8 Å². The Hall–Kier alpha value is -3.32. The average Bonchev–Trinajstić information content (AvgIpc) is 3.51. The number of amides is 1. The first kappa shape index (κ1) is 27.8. The average molecular weight is 558 g/mol. The van der Waals surface area contributed by atoms with E-state index in [0.29, 0.717) is 43.3 Å². The molecule has 2 aliphatic heterocycles. The van der Waals surface area contributed by atoms with Gasteiger partial charge in [0.15, 0.2) is 17.3 Å². The minimum atomic E-state index is -0.780. The molecule has 1 atom stereocenters. The Labute approximate surface area is 243 Å².